The fourth-order valence-electron chi connectivity index (χ4n) is 1.99. The molecule has 0 radical (unpaired) electrons. The van der Waals surface area contributed by atoms with Crippen molar-refractivity contribution in [1.82, 2.24) is 9.97 Å². The Morgan fingerprint density at radius 3 is 1.57 bits per heavy atom. The Bertz CT molecular complexity index is 727. The SMILES string of the molecule is N#Cc1ccc(CC(=O)CC(=O)Cc2ccc(C#N)nc2)cn1. The number of rotatable bonds is 6. The molecule has 23 heavy (non-hydrogen) atoms. The quantitative estimate of drug-likeness (QED) is 0.749. The third kappa shape index (κ3) is 4.83. The first-order chi connectivity index (χ1) is 11.1. The molecule has 2 rings (SSSR count). The fourth-order valence-corrected chi connectivity index (χ4v) is 1.99. The van der Waals surface area contributed by atoms with Crippen LogP contribution < -0.4 is 0 Å². The van der Waals surface area contributed by atoms with Crippen LogP contribution in [0.2, 0.25) is 0 Å². The molecule has 2 aromatic rings. The van der Waals surface area contributed by atoms with Crippen molar-refractivity contribution in [2.24, 2.45) is 0 Å². The third-order valence-electron chi connectivity index (χ3n) is 3.08. The normalized spacial score (nSPS) is 9.65. The number of pyridine rings is 2. The lowest BCUT2D eigenvalue weighted by atomic mass is 10.0. The van der Waals surface area contributed by atoms with Crippen LogP contribution in [0.3, 0.4) is 0 Å². The molecule has 0 fully saturated rings. The minimum atomic E-state index is -0.205. The summed E-state index contributed by atoms with van der Waals surface area (Å²) in [6, 6.07) is 10.2. The summed E-state index contributed by atoms with van der Waals surface area (Å²) in [6.45, 7) is 0. The molecule has 112 valence electrons. The van der Waals surface area contributed by atoms with Crippen molar-refractivity contribution in [3.63, 3.8) is 0 Å². The van der Waals surface area contributed by atoms with Gasteiger partial charge >= 0.3 is 0 Å². The van der Waals surface area contributed by atoms with Gasteiger partial charge in [0.1, 0.15) is 35.1 Å². The number of hydrogen-bond donors (Lipinski definition) is 0. The summed E-state index contributed by atoms with van der Waals surface area (Å²) in [5.41, 5.74) is 1.90. The van der Waals surface area contributed by atoms with E-state index < -0.39 is 0 Å². The molecular weight excluding hydrogens is 292 g/mol. The molecular formula is C17H12N4O2. The van der Waals surface area contributed by atoms with Crippen LogP contribution in [0.5, 0.6) is 0 Å². The van der Waals surface area contributed by atoms with Crippen LogP contribution >= 0.6 is 0 Å². The largest absolute Gasteiger partial charge is 0.299 e. The maximum atomic E-state index is 11.9. The second-order valence-electron chi connectivity index (χ2n) is 4.93. The summed E-state index contributed by atoms with van der Waals surface area (Å²) in [6.07, 6.45) is 2.98. The van der Waals surface area contributed by atoms with Crippen molar-refractivity contribution in [2.45, 2.75) is 19.3 Å². The average Bonchev–Trinajstić information content (AvgIpc) is 2.56. The molecule has 0 atom stereocenters. The van der Waals surface area contributed by atoms with Crippen LogP contribution in [0, 0.1) is 22.7 Å². The van der Waals surface area contributed by atoms with Gasteiger partial charge in [-0.3, -0.25) is 9.59 Å². The van der Waals surface area contributed by atoms with Crippen molar-refractivity contribution in [3.8, 4) is 12.1 Å². The van der Waals surface area contributed by atoms with Gasteiger partial charge < -0.3 is 0 Å². The number of aromatic nitrogens is 2. The van der Waals surface area contributed by atoms with Gasteiger partial charge in [-0.05, 0) is 23.3 Å². The molecule has 0 saturated heterocycles. The molecule has 6 heteroatoms. The number of hydrogen-bond acceptors (Lipinski definition) is 6. The molecule has 6 nitrogen and oxygen atoms in total. The minimum absolute atomic E-state index is 0.107. The zero-order valence-corrected chi connectivity index (χ0v) is 12.2. The van der Waals surface area contributed by atoms with E-state index in [9.17, 15) is 9.59 Å². The molecule has 2 aromatic heterocycles. The number of carbonyl (C=O) groups is 2. The monoisotopic (exact) mass is 304 g/mol. The molecule has 0 aliphatic carbocycles. The Kier molecular flexibility index (Phi) is 5.27. The molecule has 0 N–H and O–H groups in total. The van der Waals surface area contributed by atoms with Gasteiger partial charge in [0.15, 0.2) is 0 Å². The van der Waals surface area contributed by atoms with E-state index in [2.05, 4.69) is 9.97 Å². The fraction of sp³-hybridized carbons (Fsp3) is 0.176. The van der Waals surface area contributed by atoms with Crippen LogP contribution in [0.4, 0.5) is 0 Å². The summed E-state index contributed by atoms with van der Waals surface area (Å²) < 4.78 is 0. The van der Waals surface area contributed by atoms with Crippen molar-refractivity contribution in [1.29, 1.82) is 10.5 Å². The smallest absolute Gasteiger partial charge is 0.144 e. The second-order valence-corrected chi connectivity index (χ2v) is 4.93. The van der Waals surface area contributed by atoms with Crippen LogP contribution in [-0.2, 0) is 22.4 Å². The Balaban J connectivity index is 1.87. The lowest BCUT2D eigenvalue weighted by Gasteiger charge is -2.02. The molecule has 2 heterocycles. The van der Waals surface area contributed by atoms with Crippen molar-refractivity contribution in [3.05, 3.63) is 59.2 Å². The van der Waals surface area contributed by atoms with Gasteiger partial charge in [0.2, 0.25) is 0 Å². The topological polar surface area (TPSA) is 108 Å². The number of ketones is 2. The summed E-state index contributed by atoms with van der Waals surface area (Å²) in [5.74, 6) is -0.411. The van der Waals surface area contributed by atoms with Crippen LogP contribution in [0.15, 0.2) is 36.7 Å². The van der Waals surface area contributed by atoms with E-state index in [0.29, 0.717) is 11.1 Å². The number of nitriles is 2. The van der Waals surface area contributed by atoms with E-state index in [1.54, 1.807) is 12.1 Å². The number of nitrogens with zero attached hydrogens (tertiary/aromatic N) is 4. The molecule has 0 amide bonds. The lowest BCUT2D eigenvalue weighted by molar-refractivity contribution is -0.126. The summed E-state index contributed by atoms with van der Waals surface area (Å²) in [7, 11) is 0. The third-order valence-corrected chi connectivity index (χ3v) is 3.08. The minimum Gasteiger partial charge on any atom is -0.299 e. The number of carbonyl (C=O) groups excluding carboxylic acids is 2. The van der Waals surface area contributed by atoms with E-state index in [-0.39, 0.29) is 42.2 Å². The molecule has 0 aliphatic rings. The van der Waals surface area contributed by atoms with Gasteiger partial charge in [-0.15, -0.1) is 0 Å². The van der Waals surface area contributed by atoms with E-state index in [0.717, 1.165) is 0 Å². The molecule has 0 aliphatic heterocycles. The van der Waals surface area contributed by atoms with E-state index in [1.807, 2.05) is 12.1 Å². The lowest BCUT2D eigenvalue weighted by Crippen LogP contribution is -2.12. The van der Waals surface area contributed by atoms with Crippen LogP contribution in [0.1, 0.15) is 28.9 Å². The molecule has 0 aromatic carbocycles. The molecule has 0 spiro atoms. The first-order valence-corrected chi connectivity index (χ1v) is 6.84. The maximum Gasteiger partial charge on any atom is 0.144 e. The predicted molar refractivity (Wildman–Crippen MR) is 79.9 cm³/mol. The zero-order chi connectivity index (χ0) is 16.7. The summed E-state index contributed by atoms with van der Waals surface area (Å²) in [4.78, 5) is 31.6. The van der Waals surface area contributed by atoms with E-state index >= 15 is 0 Å². The van der Waals surface area contributed by atoms with Gasteiger partial charge in [-0.25, -0.2) is 9.97 Å². The molecule has 0 unspecified atom stereocenters. The predicted octanol–water partition coefficient (Wildman–Crippen LogP) is 1.53. The van der Waals surface area contributed by atoms with E-state index in [4.69, 9.17) is 10.5 Å². The van der Waals surface area contributed by atoms with Gasteiger partial charge in [0.25, 0.3) is 0 Å². The van der Waals surface area contributed by atoms with Crippen molar-refractivity contribution >= 4 is 11.6 Å². The highest BCUT2D eigenvalue weighted by Gasteiger charge is 2.12. The highest BCUT2D eigenvalue weighted by atomic mass is 16.1. The zero-order valence-electron chi connectivity index (χ0n) is 12.2. The van der Waals surface area contributed by atoms with Gasteiger partial charge in [-0.1, -0.05) is 12.1 Å². The standard InChI is InChI=1S/C17H12N4O2/c18-8-14-3-1-12(10-20-14)5-16(22)7-17(23)6-13-2-4-15(9-19)21-11-13/h1-4,10-11H,5-7H2. The Morgan fingerprint density at radius 1 is 0.826 bits per heavy atom. The first-order valence-electron chi connectivity index (χ1n) is 6.84. The molecule has 0 bridgehead atoms. The van der Waals surface area contributed by atoms with Crippen molar-refractivity contribution in [2.75, 3.05) is 0 Å². The van der Waals surface area contributed by atoms with Gasteiger partial charge in [-0.2, -0.15) is 10.5 Å². The highest BCUT2D eigenvalue weighted by Crippen LogP contribution is 2.06. The van der Waals surface area contributed by atoms with Gasteiger partial charge in [0.05, 0.1) is 6.42 Å². The first kappa shape index (κ1) is 16.0. The Morgan fingerprint density at radius 2 is 1.26 bits per heavy atom. The Hall–Kier alpha value is -3.38. The number of Topliss-reactive ketones (excluding diaryl/α,β-unsaturated/α-hetero) is 2. The maximum absolute atomic E-state index is 11.9. The summed E-state index contributed by atoms with van der Waals surface area (Å²) in [5, 5.41) is 17.3. The van der Waals surface area contributed by atoms with Gasteiger partial charge in [0, 0.05) is 25.2 Å². The van der Waals surface area contributed by atoms with E-state index in [1.165, 1.54) is 24.5 Å². The Labute approximate surface area is 133 Å². The van der Waals surface area contributed by atoms with Crippen molar-refractivity contribution < 1.29 is 9.59 Å². The average molecular weight is 304 g/mol. The second kappa shape index (κ2) is 7.58. The highest BCUT2D eigenvalue weighted by molar-refractivity contribution is 6.00. The van der Waals surface area contributed by atoms with Crippen LogP contribution in [0.25, 0.3) is 0 Å². The summed E-state index contributed by atoms with van der Waals surface area (Å²) >= 11 is 0. The van der Waals surface area contributed by atoms with Crippen LogP contribution in [-0.4, -0.2) is 21.5 Å². The molecule has 0 saturated carbocycles.